The summed E-state index contributed by atoms with van der Waals surface area (Å²) in [5.41, 5.74) is 2.01. The largest absolute Gasteiger partial charge is 0.508 e. The Labute approximate surface area is 157 Å². The summed E-state index contributed by atoms with van der Waals surface area (Å²) in [5.74, 6) is -1.67. The van der Waals surface area contributed by atoms with Gasteiger partial charge in [0.15, 0.2) is 0 Å². The zero-order valence-electron chi connectivity index (χ0n) is 15.2. The molecule has 0 aliphatic carbocycles. The summed E-state index contributed by atoms with van der Waals surface area (Å²) in [7, 11) is 1.51. The van der Waals surface area contributed by atoms with E-state index in [0.717, 1.165) is 5.56 Å². The van der Waals surface area contributed by atoms with Gasteiger partial charge in [-0.2, -0.15) is 0 Å². The molecule has 1 atom stereocenters. The van der Waals surface area contributed by atoms with E-state index in [0.29, 0.717) is 11.1 Å². The molecule has 1 aliphatic rings. The number of likely N-dealkylation sites (tertiary alicyclic amines) is 1. The number of benzene rings is 2. The van der Waals surface area contributed by atoms with Crippen molar-refractivity contribution in [1.82, 2.24) is 4.90 Å². The van der Waals surface area contributed by atoms with Gasteiger partial charge >= 0.3 is 0 Å². The zero-order valence-corrected chi connectivity index (χ0v) is 15.2. The summed E-state index contributed by atoms with van der Waals surface area (Å²) in [4.78, 5) is 26.7. The highest BCUT2D eigenvalue weighted by atomic mass is 16.5. The van der Waals surface area contributed by atoms with Crippen molar-refractivity contribution in [2.24, 2.45) is 0 Å². The fourth-order valence-electron chi connectivity index (χ4n) is 3.21. The Kier molecular flexibility index (Phi) is 5.28. The van der Waals surface area contributed by atoms with Crippen LogP contribution >= 0.6 is 0 Å². The lowest BCUT2D eigenvalue weighted by molar-refractivity contribution is -0.140. The first-order valence-corrected chi connectivity index (χ1v) is 8.57. The number of aromatic hydroxyl groups is 1. The minimum absolute atomic E-state index is 0.00514. The molecule has 1 saturated heterocycles. The fraction of sp³-hybridized carbons (Fsp3) is 0.238. The van der Waals surface area contributed by atoms with Gasteiger partial charge in [0.25, 0.3) is 11.7 Å². The van der Waals surface area contributed by atoms with Gasteiger partial charge in [-0.25, -0.2) is 0 Å². The van der Waals surface area contributed by atoms with Crippen LogP contribution in [0.2, 0.25) is 0 Å². The monoisotopic (exact) mass is 367 g/mol. The third kappa shape index (κ3) is 3.57. The number of ketones is 1. The number of methoxy groups -OCH3 is 1. The number of carbonyl (C=O) groups is 2. The van der Waals surface area contributed by atoms with Gasteiger partial charge in [0, 0.05) is 19.2 Å². The van der Waals surface area contributed by atoms with E-state index in [1.807, 2.05) is 19.1 Å². The van der Waals surface area contributed by atoms with Crippen LogP contribution in [0.5, 0.6) is 5.75 Å². The quantitative estimate of drug-likeness (QED) is 0.482. The van der Waals surface area contributed by atoms with Crippen molar-refractivity contribution >= 4 is 17.4 Å². The van der Waals surface area contributed by atoms with Crippen LogP contribution in [0, 0.1) is 6.92 Å². The number of phenols is 1. The molecule has 1 amide bonds. The molecule has 0 bridgehead atoms. The predicted molar refractivity (Wildman–Crippen MR) is 100 cm³/mol. The molecular formula is C21H21NO5. The van der Waals surface area contributed by atoms with Gasteiger partial charge in [-0.1, -0.05) is 42.0 Å². The molecule has 0 aromatic heterocycles. The average molecular weight is 367 g/mol. The fourth-order valence-corrected chi connectivity index (χ4v) is 3.21. The number of amides is 1. The normalized spacial score (nSPS) is 18.9. The molecule has 1 aliphatic heterocycles. The number of hydrogen-bond donors (Lipinski definition) is 2. The van der Waals surface area contributed by atoms with E-state index < -0.39 is 17.7 Å². The zero-order chi connectivity index (χ0) is 19.6. The SMILES string of the molecule is COCCN1C(=O)C(=O)C(=C(O)c2ccc(C)cc2)[C@H]1c1cccc(O)c1. The molecule has 3 rings (SSSR count). The van der Waals surface area contributed by atoms with E-state index in [9.17, 15) is 19.8 Å². The summed E-state index contributed by atoms with van der Waals surface area (Å²) < 4.78 is 5.06. The molecule has 0 saturated carbocycles. The topological polar surface area (TPSA) is 87.1 Å². The number of aliphatic hydroxyl groups is 1. The molecule has 1 fully saturated rings. The minimum atomic E-state index is -0.798. The van der Waals surface area contributed by atoms with Crippen LogP contribution in [-0.2, 0) is 14.3 Å². The molecule has 27 heavy (non-hydrogen) atoms. The van der Waals surface area contributed by atoms with Gasteiger partial charge in [0.1, 0.15) is 11.5 Å². The van der Waals surface area contributed by atoms with Gasteiger partial charge in [0.2, 0.25) is 0 Å². The van der Waals surface area contributed by atoms with Gasteiger partial charge < -0.3 is 19.8 Å². The molecule has 2 aromatic rings. The maximum Gasteiger partial charge on any atom is 0.295 e. The van der Waals surface area contributed by atoms with Crippen LogP contribution in [0.1, 0.15) is 22.7 Å². The molecule has 1 heterocycles. The molecule has 6 heteroatoms. The smallest absolute Gasteiger partial charge is 0.295 e. The van der Waals surface area contributed by atoms with E-state index in [1.54, 1.807) is 24.3 Å². The Balaban J connectivity index is 2.16. The second-order valence-electron chi connectivity index (χ2n) is 6.45. The number of aryl methyl sites for hydroxylation is 1. The van der Waals surface area contributed by atoms with Crippen molar-refractivity contribution in [3.63, 3.8) is 0 Å². The van der Waals surface area contributed by atoms with E-state index in [4.69, 9.17) is 4.74 Å². The second kappa shape index (κ2) is 7.63. The first-order chi connectivity index (χ1) is 12.9. The van der Waals surface area contributed by atoms with Crippen molar-refractivity contribution in [3.8, 4) is 5.75 Å². The van der Waals surface area contributed by atoms with Crippen LogP contribution in [0.25, 0.3) is 5.76 Å². The molecule has 6 nitrogen and oxygen atoms in total. The van der Waals surface area contributed by atoms with Gasteiger partial charge in [-0.15, -0.1) is 0 Å². The third-order valence-electron chi connectivity index (χ3n) is 4.59. The van der Waals surface area contributed by atoms with Crippen molar-refractivity contribution in [2.75, 3.05) is 20.3 Å². The summed E-state index contributed by atoms with van der Waals surface area (Å²) >= 11 is 0. The van der Waals surface area contributed by atoms with E-state index >= 15 is 0 Å². The Hall–Kier alpha value is -3.12. The highest BCUT2D eigenvalue weighted by Gasteiger charge is 2.45. The minimum Gasteiger partial charge on any atom is -0.508 e. The molecule has 0 radical (unpaired) electrons. The third-order valence-corrected chi connectivity index (χ3v) is 4.59. The molecule has 2 N–H and O–H groups in total. The van der Waals surface area contributed by atoms with Crippen LogP contribution < -0.4 is 0 Å². The predicted octanol–water partition coefficient (Wildman–Crippen LogP) is 2.77. The number of aliphatic hydroxyl groups excluding tert-OH is 1. The summed E-state index contributed by atoms with van der Waals surface area (Å²) in [5, 5.41) is 20.7. The summed E-state index contributed by atoms with van der Waals surface area (Å²) in [6.07, 6.45) is 0. The lowest BCUT2D eigenvalue weighted by Gasteiger charge is -2.25. The van der Waals surface area contributed by atoms with E-state index in [1.165, 1.54) is 24.1 Å². The lowest BCUT2D eigenvalue weighted by atomic mass is 9.95. The Morgan fingerprint density at radius 1 is 1.15 bits per heavy atom. The van der Waals surface area contributed by atoms with Crippen LogP contribution in [0.3, 0.4) is 0 Å². The molecule has 0 spiro atoms. The van der Waals surface area contributed by atoms with E-state index in [-0.39, 0.29) is 30.2 Å². The molecule has 2 aromatic carbocycles. The Bertz CT molecular complexity index is 901. The molecular weight excluding hydrogens is 346 g/mol. The Morgan fingerprint density at radius 3 is 2.48 bits per heavy atom. The average Bonchev–Trinajstić information content (AvgIpc) is 2.91. The highest BCUT2D eigenvalue weighted by Crippen LogP contribution is 2.39. The maximum atomic E-state index is 12.7. The van der Waals surface area contributed by atoms with Crippen molar-refractivity contribution in [3.05, 3.63) is 70.8 Å². The number of carbonyl (C=O) groups excluding carboxylic acids is 2. The van der Waals surface area contributed by atoms with Crippen molar-refractivity contribution in [1.29, 1.82) is 0 Å². The van der Waals surface area contributed by atoms with Crippen LogP contribution in [0.4, 0.5) is 0 Å². The van der Waals surface area contributed by atoms with Crippen LogP contribution in [-0.4, -0.2) is 47.1 Å². The maximum absolute atomic E-state index is 12.7. The first kappa shape index (κ1) is 18.7. The standard InChI is InChI=1S/C21H21NO5/c1-13-6-8-14(9-7-13)19(24)17-18(15-4-3-5-16(23)12-15)22(10-11-27-2)21(26)20(17)25/h3-9,12,18,23-24H,10-11H2,1-2H3/t18-/m1/s1. The van der Waals surface area contributed by atoms with Gasteiger partial charge in [-0.3, -0.25) is 9.59 Å². The van der Waals surface area contributed by atoms with Crippen molar-refractivity contribution < 1.29 is 24.5 Å². The number of Topliss-reactive ketones (excluding diaryl/α,β-unsaturated/α-hetero) is 1. The number of rotatable bonds is 5. The highest BCUT2D eigenvalue weighted by molar-refractivity contribution is 6.46. The number of ether oxygens (including phenoxy) is 1. The Morgan fingerprint density at radius 2 is 1.85 bits per heavy atom. The number of nitrogens with zero attached hydrogens (tertiary/aromatic N) is 1. The summed E-state index contributed by atoms with van der Waals surface area (Å²) in [6, 6.07) is 12.6. The molecule has 0 unspecified atom stereocenters. The lowest BCUT2D eigenvalue weighted by Crippen LogP contribution is -2.32. The molecule has 140 valence electrons. The van der Waals surface area contributed by atoms with Crippen molar-refractivity contribution in [2.45, 2.75) is 13.0 Å². The summed E-state index contributed by atoms with van der Waals surface area (Å²) in [6.45, 7) is 2.35. The second-order valence-corrected chi connectivity index (χ2v) is 6.45. The first-order valence-electron chi connectivity index (χ1n) is 8.57. The van der Waals surface area contributed by atoms with Crippen LogP contribution in [0.15, 0.2) is 54.1 Å². The van der Waals surface area contributed by atoms with Gasteiger partial charge in [-0.05, 0) is 24.6 Å². The number of hydrogen-bond acceptors (Lipinski definition) is 5. The van der Waals surface area contributed by atoms with Gasteiger partial charge in [0.05, 0.1) is 18.2 Å². The van der Waals surface area contributed by atoms with E-state index in [2.05, 4.69) is 0 Å². The number of phenolic OH excluding ortho intramolecular Hbond substituents is 1.